The third kappa shape index (κ3) is 8.99. The van der Waals surface area contributed by atoms with Crippen LogP contribution in [0.4, 0.5) is 0 Å². The number of esters is 1. The molecule has 0 aliphatic heterocycles. The van der Waals surface area contributed by atoms with Gasteiger partial charge >= 0.3 is 17.9 Å². The summed E-state index contributed by atoms with van der Waals surface area (Å²) in [6.45, 7) is 3.48. The molecule has 0 saturated carbocycles. The lowest BCUT2D eigenvalue weighted by Crippen LogP contribution is -2.34. The van der Waals surface area contributed by atoms with Gasteiger partial charge in [0.05, 0.1) is 13.1 Å². The molecule has 10 heteroatoms. The molecule has 28 heavy (non-hydrogen) atoms. The molecule has 1 aromatic carbocycles. The van der Waals surface area contributed by atoms with Crippen molar-refractivity contribution in [1.29, 1.82) is 0 Å². The Morgan fingerprint density at radius 3 is 2.04 bits per heavy atom. The first-order valence-corrected chi connectivity index (χ1v) is 8.27. The molecular formula is C18H23NO9. The highest BCUT2D eigenvalue weighted by Gasteiger charge is 2.17. The minimum Gasteiger partial charge on any atom is -0.479 e. The lowest BCUT2D eigenvalue weighted by Gasteiger charge is -2.19. The first-order valence-electron chi connectivity index (χ1n) is 8.27. The van der Waals surface area contributed by atoms with Crippen LogP contribution in [0.3, 0.4) is 0 Å². The quantitative estimate of drug-likeness (QED) is 0.360. The number of nitrogens with one attached hydrogen (secondary N) is 1. The van der Waals surface area contributed by atoms with Crippen LogP contribution >= 0.6 is 0 Å². The van der Waals surface area contributed by atoms with Crippen molar-refractivity contribution in [1.82, 2.24) is 5.32 Å². The van der Waals surface area contributed by atoms with Crippen LogP contribution in [-0.4, -0.2) is 65.8 Å². The molecule has 0 fully saturated rings. The van der Waals surface area contributed by atoms with Crippen LogP contribution in [0.1, 0.15) is 31.1 Å². The molecule has 0 atom stereocenters. The molecule has 0 aliphatic rings. The molecular weight excluding hydrogens is 374 g/mol. The van der Waals surface area contributed by atoms with E-state index in [1.54, 1.807) is 20.8 Å². The van der Waals surface area contributed by atoms with Gasteiger partial charge in [-0.15, -0.1) is 0 Å². The number of carboxylic acids is 2. The van der Waals surface area contributed by atoms with E-state index in [1.807, 2.05) is 0 Å². The van der Waals surface area contributed by atoms with Crippen LogP contribution in [0.15, 0.2) is 18.2 Å². The van der Waals surface area contributed by atoms with Gasteiger partial charge in [0.1, 0.15) is 5.60 Å². The fourth-order valence-corrected chi connectivity index (χ4v) is 1.95. The van der Waals surface area contributed by atoms with Crippen molar-refractivity contribution < 1.29 is 43.6 Å². The maximum atomic E-state index is 12.3. The molecule has 0 amide bonds. The zero-order chi connectivity index (χ0) is 21.3. The second-order valence-corrected chi connectivity index (χ2v) is 6.64. The molecule has 3 N–H and O–H groups in total. The summed E-state index contributed by atoms with van der Waals surface area (Å²) in [5, 5.41) is 20.1. The summed E-state index contributed by atoms with van der Waals surface area (Å²) in [5.74, 6) is -3.48. The van der Waals surface area contributed by atoms with Gasteiger partial charge in [0.15, 0.2) is 30.5 Å². The first-order chi connectivity index (χ1) is 13.0. The van der Waals surface area contributed by atoms with E-state index in [1.165, 1.54) is 18.2 Å². The molecule has 0 spiro atoms. The van der Waals surface area contributed by atoms with E-state index in [4.69, 9.17) is 24.4 Å². The van der Waals surface area contributed by atoms with E-state index in [-0.39, 0.29) is 30.2 Å². The monoisotopic (exact) mass is 397 g/mol. The van der Waals surface area contributed by atoms with Gasteiger partial charge in [-0.3, -0.25) is 14.9 Å². The summed E-state index contributed by atoms with van der Waals surface area (Å²) in [4.78, 5) is 45.2. The van der Waals surface area contributed by atoms with Crippen molar-refractivity contribution in [2.24, 2.45) is 0 Å². The summed E-state index contributed by atoms with van der Waals surface area (Å²) in [6, 6.07) is 3.93. The number of carboxylic acid groups (broad SMARTS) is 2. The molecule has 1 rings (SSSR count). The average Bonchev–Trinajstić information content (AvgIpc) is 2.56. The number of hydrogen-bond donors (Lipinski definition) is 3. The predicted molar refractivity (Wildman–Crippen MR) is 95.7 cm³/mol. The van der Waals surface area contributed by atoms with Crippen LogP contribution in [0.5, 0.6) is 11.5 Å². The molecule has 0 saturated heterocycles. The highest BCUT2D eigenvalue weighted by Crippen LogP contribution is 2.28. The van der Waals surface area contributed by atoms with Crippen LogP contribution < -0.4 is 14.8 Å². The molecule has 0 aliphatic carbocycles. The topological polar surface area (TPSA) is 148 Å². The zero-order valence-corrected chi connectivity index (χ0v) is 15.8. The Labute approximate surface area is 161 Å². The van der Waals surface area contributed by atoms with Crippen molar-refractivity contribution in [3.63, 3.8) is 0 Å². The van der Waals surface area contributed by atoms with E-state index in [0.29, 0.717) is 0 Å². The molecule has 154 valence electrons. The van der Waals surface area contributed by atoms with Crippen LogP contribution in [-0.2, 0) is 19.1 Å². The fraction of sp³-hybridized carbons (Fsp3) is 0.444. The molecule has 0 heterocycles. The molecule has 0 bridgehead atoms. The first kappa shape index (κ1) is 22.9. The van der Waals surface area contributed by atoms with Crippen molar-refractivity contribution in [2.45, 2.75) is 26.4 Å². The largest absolute Gasteiger partial charge is 0.479 e. The summed E-state index contributed by atoms with van der Waals surface area (Å²) in [7, 11) is 0. The lowest BCUT2D eigenvalue weighted by atomic mass is 10.1. The normalized spacial score (nSPS) is 10.8. The minimum absolute atomic E-state index is 0.0121. The molecule has 10 nitrogen and oxygen atoms in total. The predicted octanol–water partition coefficient (Wildman–Crippen LogP) is 0.727. The van der Waals surface area contributed by atoms with E-state index in [9.17, 15) is 19.2 Å². The summed E-state index contributed by atoms with van der Waals surface area (Å²) in [6.07, 6.45) is 0. The Bertz CT molecular complexity index is 737. The number of aliphatic carboxylic acids is 2. The highest BCUT2D eigenvalue weighted by atomic mass is 16.6. The summed E-state index contributed by atoms with van der Waals surface area (Å²) in [5.41, 5.74) is -0.468. The Morgan fingerprint density at radius 2 is 1.50 bits per heavy atom. The van der Waals surface area contributed by atoms with Gasteiger partial charge in [0, 0.05) is 5.56 Å². The van der Waals surface area contributed by atoms with Crippen LogP contribution in [0.25, 0.3) is 0 Å². The third-order valence-electron chi connectivity index (χ3n) is 2.94. The van der Waals surface area contributed by atoms with Gasteiger partial charge in [-0.25, -0.2) is 9.59 Å². The fourth-order valence-electron chi connectivity index (χ4n) is 1.95. The standard InChI is InChI=1S/C18H23NO9/c1-18(2,3)28-17(25)8-19-7-12(20)11-4-5-13(26-9-15(21)22)14(6-11)27-10-16(23)24/h4-6,19H,7-10H2,1-3H3,(H,21,22)(H,23,24). The number of ether oxygens (including phenoxy) is 3. The summed E-state index contributed by atoms with van der Waals surface area (Å²) >= 11 is 0. The SMILES string of the molecule is CC(C)(C)OC(=O)CNCC(=O)c1ccc(OCC(=O)O)c(OCC(=O)O)c1. The Morgan fingerprint density at radius 1 is 0.929 bits per heavy atom. The van der Waals surface area contributed by atoms with Crippen molar-refractivity contribution >= 4 is 23.7 Å². The van der Waals surface area contributed by atoms with E-state index in [0.717, 1.165) is 0 Å². The number of carbonyl (C=O) groups excluding carboxylic acids is 2. The average molecular weight is 397 g/mol. The molecule has 0 radical (unpaired) electrons. The molecule has 1 aromatic rings. The molecule has 0 unspecified atom stereocenters. The van der Waals surface area contributed by atoms with E-state index >= 15 is 0 Å². The summed E-state index contributed by atoms with van der Waals surface area (Å²) < 4.78 is 15.2. The number of rotatable bonds is 11. The minimum atomic E-state index is -1.25. The van der Waals surface area contributed by atoms with Crippen LogP contribution in [0.2, 0.25) is 0 Å². The number of benzene rings is 1. The van der Waals surface area contributed by atoms with Crippen molar-refractivity contribution in [2.75, 3.05) is 26.3 Å². The van der Waals surface area contributed by atoms with Gasteiger partial charge < -0.3 is 24.4 Å². The maximum absolute atomic E-state index is 12.3. The van der Waals surface area contributed by atoms with Crippen molar-refractivity contribution in [3.8, 4) is 11.5 Å². The Hall–Kier alpha value is -3.14. The second-order valence-electron chi connectivity index (χ2n) is 6.64. The van der Waals surface area contributed by atoms with Gasteiger partial charge in [0.2, 0.25) is 0 Å². The highest BCUT2D eigenvalue weighted by molar-refractivity contribution is 5.98. The second kappa shape index (κ2) is 10.3. The Kier molecular flexibility index (Phi) is 8.39. The van der Waals surface area contributed by atoms with Gasteiger partial charge in [-0.2, -0.15) is 0 Å². The van der Waals surface area contributed by atoms with Gasteiger partial charge in [-0.05, 0) is 39.0 Å². The maximum Gasteiger partial charge on any atom is 0.341 e. The van der Waals surface area contributed by atoms with E-state index in [2.05, 4.69) is 5.32 Å². The van der Waals surface area contributed by atoms with Gasteiger partial charge in [-0.1, -0.05) is 0 Å². The third-order valence-corrected chi connectivity index (χ3v) is 2.94. The number of carbonyl (C=O) groups is 4. The zero-order valence-electron chi connectivity index (χ0n) is 15.8. The molecule has 0 aromatic heterocycles. The van der Waals surface area contributed by atoms with E-state index < -0.39 is 42.5 Å². The van der Waals surface area contributed by atoms with Crippen LogP contribution in [0, 0.1) is 0 Å². The van der Waals surface area contributed by atoms with Gasteiger partial charge in [0.25, 0.3) is 0 Å². The number of Topliss-reactive ketones (excluding diaryl/α,β-unsaturated/α-hetero) is 1. The van der Waals surface area contributed by atoms with Crippen molar-refractivity contribution in [3.05, 3.63) is 23.8 Å². The number of ketones is 1. The number of hydrogen-bond acceptors (Lipinski definition) is 8. The lowest BCUT2D eigenvalue weighted by molar-refractivity contribution is -0.153. The Balaban J connectivity index is 2.75. The smallest absolute Gasteiger partial charge is 0.341 e.